The van der Waals surface area contributed by atoms with E-state index in [2.05, 4.69) is 186 Å². The third-order valence-corrected chi connectivity index (χ3v) is 11.8. The van der Waals surface area contributed by atoms with Crippen LogP contribution >= 0.6 is 0 Å². The molecule has 12 rings (SSSR count). The highest BCUT2D eigenvalue weighted by Gasteiger charge is 2.24. The molecule has 0 aliphatic rings. The molecule has 5 heterocycles. The molecule has 0 bridgehead atoms. The molecule has 0 atom stereocenters. The van der Waals surface area contributed by atoms with Gasteiger partial charge in [-0.15, -0.1) is 0 Å². The molecular weight excluding hydrogens is 697 g/mol. The third kappa shape index (κ3) is 4.57. The first-order valence-corrected chi connectivity index (χ1v) is 19.4. The Bertz CT molecular complexity index is 3580. The number of pyridine rings is 2. The van der Waals surface area contributed by atoms with Gasteiger partial charge in [-0.25, -0.2) is 9.97 Å². The SMILES string of the molecule is Cc1ccccc1-c1nc2c3cc(Oc4ccc5c6cccc7c8c(-c9ccccc9)ccnc8n(c5c4)c67)ccc3c3ccccc3n2c1-c1ccccc1C. The maximum absolute atomic E-state index is 6.82. The number of rotatable bonds is 5. The first-order valence-electron chi connectivity index (χ1n) is 19.4. The molecule has 7 aromatic carbocycles. The van der Waals surface area contributed by atoms with E-state index in [9.17, 15) is 0 Å². The van der Waals surface area contributed by atoms with Gasteiger partial charge in [0.25, 0.3) is 0 Å². The average molecular weight is 731 g/mol. The number of aromatic nitrogens is 4. The van der Waals surface area contributed by atoms with Gasteiger partial charge in [-0.05, 0) is 84.0 Å². The summed E-state index contributed by atoms with van der Waals surface area (Å²) in [5, 5.41) is 8.08. The smallest absolute Gasteiger partial charge is 0.146 e. The number of fused-ring (bicyclic) bond motifs is 12. The second-order valence-electron chi connectivity index (χ2n) is 15.1. The van der Waals surface area contributed by atoms with Gasteiger partial charge in [0.15, 0.2) is 0 Å². The molecule has 5 heteroatoms. The Labute approximate surface area is 328 Å². The molecule has 0 saturated heterocycles. The molecule has 5 nitrogen and oxygen atoms in total. The van der Waals surface area contributed by atoms with Crippen molar-refractivity contribution in [3.63, 3.8) is 0 Å². The molecule has 0 saturated carbocycles. The number of hydrogen-bond acceptors (Lipinski definition) is 3. The van der Waals surface area contributed by atoms with Crippen LogP contribution in [-0.4, -0.2) is 18.8 Å². The van der Waals surface area contributed by atoms with Crippen molar-refractivity contribution in [1.82, 2.24) is 18.8 Å². The van der Waals surface area contributed by atoms with Crippen molar-refractivity contribution < 1.29 is 4.74 Å². The minimum absolute atomic E-state index is 0.750. The number of imidazole rings is 1. The van der Waals surface area contributed by atoms with Gasteiger partial charge in [0.2, 0.25) is 0 Å². The zero-order chi connectivity index (χ0) is 37.8. The van der Waals surface area contributed by atoms with Crippen molar-refractivity contribution in [2.75, 3.05) is 0 Å². The molecule has 57 heavy (non-hydrogen) atoms. The minimum atomic E-state index is 0.750. The standard InChI is InChI=1S/C52H34N4O/c1-31-13-6-8-17-36(31)48-50(37-18-9-7-14-32(37)2)55-45-22-11-10-19-40(45)39-25-23-34(29-44(39)51(55)54-48)57-35-24-26-41-42-20-12-21-43-47-38(33-15-4-3-5-16-33)27-28-53-52(47)56(49(42)43)46(41)30-35/h3-30H,1-2H3. The molecule has 0 unspecified atom stereocenters. The maximum Gasteiger partial charge on any atom is 0.146 e. The highest BCUT2D eigenvalue weighted by molar-refractivity contribution is 6.25. The Morgan fingerprint density at radius 3 is 1.95 bits per heavy atom. The topological polar surface area (TPSA) is 43.8 Å². The third-order valence-electron chi connectivity index (χ3n) is 11.8. The number of benzene rings is 7. The molecule has 0 amide bonds. The summed E-state index contributed by atoms with van der Waals surface area (Å²) in [6.45, 7) is 4.35. The lowest BCUT2D eigenvalue weighted by molar-refractivity contribution is 0.484. The van der Waals surface area contributed by atoms with Gasteiger partial charge in [0.05, 0.1) is 27.9 Å². The quantitative estimate of drug-likeness (QED) is 0.166. The van der Waals surface area contributed by atoms with Crippen LogP contribution in [-0.2, 0) is 0 Å². The zero-order valence-corrected chi connectivity index (χ0v) is 31.4. The van der Waals surface area contributed by atoms with Crippen molar-refractivity contribution in [2.45, 2.75) is 13.8 Å². The highest BCUT2D eigenvalue weighted by Crippen LogP contribution is 2.44. The molecular formula is C52H34N4O. The predicted octanol–water partition coefficient (Wildman–Crippen LogP) is 13.6. The van der Waals surface area contributed by atoms with Crippen LogP contribution in [0.5, 0.6) is 11.5 Å². The molecule has 0 fully saturated rings. The van der Waals surface area contributed by atoms with Gasteiger partial charge in [-0.1, -0.05) is 115 Å². The molecule has 0 N–H and O–H groups in total. The number of hydrogen-bond donors (Lipinski definition) is 0. The number of aryl methyl sites for hydroxylation is 2. The Morgan fingerprint density at radius 2 is 1.12 bits per heavy atom. The van der Waals surface area contributed by atoms with Crippen molar-refractivity contribution in [3.05, 3.63) is 181 Å². The molecule has 0 spiro atoms. The lowest BCUT2D eigenvalue weighted by Gasteiger charge is -2.14. The monoisotopic (exact) mass is 730 g/mol. The van der Waals surface area contributed by atoms with E-state index >= 15 is 0 Å². The van der Waals surface area contributed by atoms with Crippen LogP contribution in [0.2, 0.25) is 0 Å². The van der Waals surface area contributed by atoms with Crippen LogP contribution in [0.3, 0.4) is 0 Å². The Balaban J connectivity index is 1.07. The van der Waals surface area contributed by atoms with Crippen molar-refractivity contribution in [3.8, 4) is 45.1 Å². The van der Waals surface area contributed by atoms with Crippen molar-refractivity contribution in [2.24, 2.45) is 0 Å². The number of ether oxygens (including phenoxy) is 1. The summed E-state index contributed by atoms with van der Waals surface area (Å²) < 4.78 is 11.5. The van der Waals surface area contributed by atoms with Crippen LogP contribution in [0.1, 0.15) is 11.1 Å². The fourth-order valence-electron chi connectivity index (χ4n) is 9.26. The summed E-state index contributed by atoms with van der Waals surface area (Å²) >= 11 is 0. The predicted molar refractivity (Wildman–Crippen MR) is 235 cm³/mol. The molecule has 0 aliphatic heterocycles. The second kappa shape index (κ2) is 12.0. The summed E-state index contributed by atoms with van der Waals surface area (Å²) in [7, 11) is 0. The van der Waals surface area contributed by atoms with Crippen LogP contribution in [0, 0.1) is 13.8 Å². The first kappa shape index (κ1) is 31.8. The van der Waals surface area contributed by atoms with Gasteiger partial charge >= 0.3 is 0 Å². The van der Waals surface area contributed by atoms with Gasteiger partial charge < -0.3 is 4.74 Å². The van der Waals surface area contributed by atoms with Crippen LogP contribution in [0.4, 0.5) is 0 Å². The van der Waals surface area contributed by atoms with Gasteiger partial charge in [0, 0.05) is 55.7 Å². The van der Waals surface area contributed by atoms with Crippen LogP contribution < -0.4 is 4.74 Å². The van der Waals surface area contributed by atoms with Crippen LogP contribution in [0.25, 0.3) is 99.2 Å². The van der Waals surface area contributed by atoms with Crippen LogP contribution in [0.15, 0.2) is 170 Å². The first-order chi connectivity index (χ1) is 28.1. The summed E-state index contributed by atoms with van der Waals surface area (Å²) in [6.07, 6.45) is 1.93. The molecule has 268 valence electrons. The lowest BCUT2D eigenvalue weighted by atomic mass is 9.98. The van der Waals surface area contributed by atoms with Gasteiger partial charge in [-0.3, -0.25) is 8.80 Å². The Kier molecular flexibility index (Phi) is 6.70. The normalized spacial score (nSPS) is 12.0. The highest BCUT2D eigenvalue weighted by atomic mass is 16.5. The van der Waals surface area contributed by atoms with E-state index in [1.165, 1.54) is 43.9 Å². The summed E-state index contributed by atoms with van der Waals surface area (Å²) in [5.41, 5.74) is 14.3. The Hall–Kier alpha value is -7.50. The summed E-state index contributed by atoms with van der Waals surface area (Å²) in [6, 6.07) is 58.0. The van der Waals surface area contributed by atoms with Crippen molar-refractivity contribution in [1.29, 1.82) is 0 Å². The van der Waals surface area contributed by atoms with Gasteiger partial charge in [0.1, 0.15) is 22.8 Å². The minimum Gasteiger partial charge on any atom is -0.457 e. The molecule has 0 aliphatic carbocycles. The zero-order valence-electron chi connectivity index (χ0n) is 31.4. The Morgan fingerprint density at radius 1 is 0.456 bits per heavy atom. The van der Waals surface area contributed by atoms with Crippen molar-refractivity contribution >= 4 is 65.5 Å². The summed E-state index contributed by atoms with van der Waals surface area (Å²) in [5.74, 6) is 1.51. The second-order valence-corrected chi connectivity index (χ2v) is 15.1. The summed E-state index contributed by atoms with van der Waals surface area (Å²) in [4.78, 5) is 10.5. The fourth-order valence-corrected chi connectivity index (χ4v) is 9.26. The van der Waals surface area contributed by atoms with E-state index < -0.39 is 0 Å². The van der Waals surface area contributed by atoms with E-state index in [4.69, 9.17) is 14.7 Å². The lowest BCUT2D eigenvalue weighted by Crippen LogP contribution is -1.96. The van der Waals surface area contributed by atoms with E-state index in [0.717, 1.165) is 77.9 Å². The molecule has 5 aromatic heterocycles. The maximum atomic E-state index is 6.82. The molecule has 12 aromatic rings. The largest absolute Gasteiger partial charge is 0.457 e. The van der Waals surface area contributed by atoms with Gasteiger partial charge in [-0.2, -0.15) is 0 Å². The van der Waals surface area contributed by atoms with E-state index in [0.29, 0.717) is 0 Å². The number of para-hydroxylation sites is 2. The number of nitrogens with zero attached hydrogens (tertiary/aromatic N) is 4. The van der Waals surface area contributed by atoms with E-state index in [1.54, 1.807) is 0 Å². The molecule has 0 radical (unpaired) electrons. The fraction of sp³-hybridized carbons (Fsp3) is 0.0385. The average Bonchev–Trinajstić information content (AvgIpc) is 3.92. The van der Waals surface area contributed by atoms with E-state index in [-0.39, 0.29) is 0 Å². The van der Waals surface area contributed by atoms with E-state index in [1.807, 2.05) is 6.20 Å².